The van der Waals surface area contributed by atoms with E-state index in [0.717, 1.165) is 28.5 Å². The summed E-state index contributed by atoms with van der Waals surface area (Å²) in [6.07, 6.45) is 1.68. The summed E-state index contributed by atoms with van der Waals surface area (Å²) in [5, 5.41) is 6.43. The van der Waals surface area contributed by atoms with E-state index in [0.29, 0.717) is 6.54 Å². The minimum Gasteiger partial charge on any atom is -0.497 e. The zero-order valence-electron chi connectivity index (χ0n) is 16.0. The lowest BCUT2D eigenvalue weighted by molar-refractivity contribution is -0.110. The fraction of sp³-hybridized carbons (Fsp3) is 0.286. The van der Waals surface area contributed by atoms with Gasteiger partial charge in [0.25, 0.3) is 0 Å². The number of anilines is 1. The van der Waals surface area contributed by atoms with Gasteiger partial charge in [-0.1, -0.05) is 42.6 Å². The van der Waals surface area contributed by atoms with Gasteiger partial charge in [0, 0.05) is 29.1 Å². The van der Waals surface area contributed by atoms with Gasteiger partial charge in [0.05, 0.1) is 20.8 Å². The lowest BCUT2D eigenvalue weighted by atomic mass is 10.1. The lowest BCUT2D eigenvalue weighted by Gasteiger charge is -2.24. The molecular weight excluding hydrogens is 360 g/mol. The predicted molar refractivity (Wildman–Crippen MR) is 113 cm³/mol. The van der Waals surface area contributed by atoms with Crippen LogP contribution < -0.4 is 20.1 Å². The van der Waals surface area contributed by atoms with Crippen LogP contribution in [0, 0.1) is 6.92 Å². The smallest absolute Gasteiger partial charge is 0.202 e. The van der Waals surface area contributed by atoms with Crippen molar-refractivity contribution in [1.82, 2.24) is 5.32 Å². The number of thioether (sulfide) groups is 1. The first kappa shape index (κ1) is 20.9. The maximum atomic E-state index is 11.1. The highest BCUT2D eigenvalue weighted by molar-refractivity contribution is 8.13. The summed E-state index contributed by atoms with van der Waals surface area (Å²) in [4.78, 5) is 11.1. The number of aryl methyl sites for hydroxylation is 1. The minimum absolute atomic E-state index is 0.151. The van der Waals surface area contributed by atoms with Crippen LogP contribution in [0.2, 0.25) is 0 Å². The third kappa shape index (κ3) is 6.05. The van der Waals surface area contributed by atoms with Crippen molar-refractivity contribution in [1.29, 1.82) is 0 Å². The standard InChI is InChI=1S/C12H15NO3S.C9H11N/c1-15-8-3-4-9(11(5-8)16-2)10-7-17-12(14)6-13-10;1-3-10-9-7-5-4-6-8(9)2/h3-5,10,13H,6-7H2,1-2H3;3-7,10H,1H2,2H3. The van der Waals surface area contributed by atoms with E-state index in [1.54, 1.807) is 20.4 Å². The third-order valence-electron chi connectivity index (χ3n) is 4.12. The van der Waals surface area contributed by atoms with Crippen molar-refractivity contribution in [2.24, 2.45) is 0 Å². The highest BCUT2D eigenvalue weighted by Gasteiger charge is 2.22. The molecule has 1 saturated heterocycles. The molecule has 1 atom stereocenters. The number of nitrogens with one attached hydrogen (secondary N) is 2. The van der Waals surface area contributed by atoms with Crippen LogP contribution in [0.5, 0.6) is 11.5 Å². The Labute approximate surface area is 165 Å². The first-order valence-corrected chi connectivity index (χ1v) is 9.61. The van der Waals surface area contributed by atoms with Crippen LogP contribution in [0.4, 0.5) is 5.69 Å². The van der Waals surface area contributed by atoms with Crippen molar-refractivity contribution >= 4 is 22.6 Å². The van der Waals surface area contributed by atoms with Crippen LogP contribution in [0.15, 0.2) is 55.2 Å². The molecule has 2 N–H and O–H groups in total. The third-order valence-corrected chi connectivity index (χ3v) is 5.09. The number of benzene rings is 2. The number of ether oxygens (including phenoxy) is 2. The fourth-order valence-electron chi connectivity index (χ4n) is 2.64. The molecule has 144 valence electrons. The van der Waals surface area contributed by atoms with Crippen LogP contribution in [0.1, 0.15) is 17.2 Å². The molecule has 1 aliphatic rings. The fourth-order valence-corrected chi connectivity index (χ4v) is 3.48. The van der Waals surface area contributed by atoms with Crippen LogP contribution in [-0.2, 0) is 4.79 Å². The largest absolute Gasteiger partial charge is 0.497 e. The molecule has 0 bridgehead atoms. The zero-order valence-corrected chi connectivity index (χ0v) is 16.8. The molecule has 0 aromatic heterocycles. The topological polar surface area (TPSA) is 59.6 Å². The molecule has 1 unspecified atom stereocenters. The number of hydrogen-bond donors (Lipinski definition) is 2. The maximum Gasteiger partial charge on any atom is 0.202 e. The summed E-state index contributed by atoms with van der Waals surface area (Å²) in [5.74, 6) is 2.29. The van der Waals surface area contributed by atoms with Gasteiger partial charge in [-0.05, 0) is 30.8 Å². The van der Waals surface area contributed by atoms with Crippen molar-refractivity contribution < 1.29 is 14.3 Å². The second-order valence-corrected chi connectivity index (χ2v) is 6.97. The minimum atomic E-state index is 0.151. The Hall–Kier alpha value is -2.44. The quantitative estimate of drug-likeness (QED) is 0.805. The monoisotopic (exact) mass is 386 g/mol. The number of hydrogen-bond acceptors (Lipinski definition) is 6. The molecule has 5 nitrogen and oxygen atoms in total. The summed E-state index contributed by atoms with van der Waals surface area (Å²) in [5.41, 5.74) is 3.42. The number of carbonyl (C=O) groups excluding carboxylic acids is 1. The molecule has 2 aromatic carbocycles. The number of carbonyl (C=O) groups is 1. The van der Waals surface area contributed by atoms with Gasteiger partial charge < -0.3 is 20.1 Å². The summed E-state index contributed by atoms with van der Waals surface area (Å²) >= 11 is 1.36. The average Bonchev–Trinajstić information content (AvgIpc) is 2.70. The maximum absolute atomic E-state index is 11.1. The molecule has 0 spiro atoms. The van der Waals surface area contributed by atoms with E-state index < -0.39 is 0 Å². The molecule has 1 fully saturated rings. The van der Waals surface area contributed by atoms with Gasteiger partial charge in [-0.15, -0.1) is 0 Å². The zero-order chi connectivity index (χ0) is 19.6. The van der Waals surface area contributed by atoms with E-state index in [9.17, 15) is 4.79 Å². The molecule has 2 aromatic rings. The van der Waals surface area contributed by atoms with Gasteiger partial charge in [-0.25, -0.2) is 0 Å². The summed E-state index contributed by atoms with van der Waals surface area (Å²) in [7, 11) is 3.27. The Kier molecular flexibility index (Phi) is 8.23. The average molecular weight is 387 g/mol. The molecular formula is C21H26N2O3S. The molecule has 1 heterocycles. The Morgan fingerprint density at radius 1 is 1.22 bits per heavy atom. The molecule has 0 aliphatic carbocycles. The van der Waals surface area contributed by atoms with Crippen molar-refractivity contribution in [3.8, 4) is 11.5 Å². The molecule has 3 rings (SSSR count). The van der Waals surface area contributed by atoms with E-state index >= 15 is 0 Å². The highest BCUT2D eigenvalue weighted by atomic mass is 32.2. The van der Waals surface area contributed by atoms with E-state index in [1.807, 2.05) is 36.4 Å². The van der Waals surface area contributed by atoms with Crippen molar-refractivity contribution in [2.45, 2.75) is 13.0 Å². The second kappa shape index (κ2) is 10.6. The number of para-hydroxylation sites is 1. The van der Waals surface area contributed by atoms with Crippen LogP contribution >= 0.6 is 11.8 Å². The van der Waals surface area contributed by atoms with Crippen LogP contribution in [-0.4, -0.2) is 31.6 Å². The second-order valence-electron chi connectivity index (χ2n) is 5.89. The first-order chi connectivity index (χ1) is 13.1. The van der Waals surface area contributed by atoms with Gasteiger partial charge in [-0.3, -0.25) is 4.79 Å². The van der Waals surface area contributed by atoms with Crippen molar-refractivity contribution in [3.05, 3.63) is 66.4 Å². The Bertz CT molecular complexity index is 770. The Balaban J connectivity index is 0.000000223. The predicted octanol–water partition coefficient (Wildman–Crippen LogP) is 4.16. The molecule has 1 aliphatic heterocycles. The van der Waals surface area contributed by atoms with E-state index in [1.165, 1.54) is 17.3 Å². The van der Waals surface area contributed by atoms with Crippen LogP contribution in [0.25, 0.3) is 0 Å². The normalized spacial score (nSPS) is 16.0. The van der Waals surface area contributed by atoms with Crippen LogP contribution in [0.3, 0.4) is 0 Å². The van der Waals surface area contributed by atoms with Gasteiger partial charge in [0.2, 0.25) is 5.12 Å². The van der Waals surface area contributed by atoms with E-state index in [-0.39, 0.29) is 11.2 Å². The molecule has 27 heavy (non-hydrogen) atoms. The van der Waals surface area contributed by atoms with Gasteiger partial charge in [-0.2, -0.15) is 0 Å². The summed E-state index contributed by atoms with van der Waals surface area (Å²) in [6.45, 7) is 6.05. The van der Waals surface area contributed by atoms with Crippen molar-refractivity contribution in [3.63, 3.8) is 0 Å². The Morgan fingerprint density at radius 2 is 2.00 bits per heavy atom. The number of methoxy groups -OCH3 is 2. The highest BCUT2D eigenvalue weighted by Crippen LogP contribution is 2.32. The Morgan fingerprint density at radius 3 is 2.59 bits per heavy atom. The summed E-state index contributed by atoms with van der Waals surface area (Å²) < 4.78 is 10.5. The van der Waals surface area contributed by atoms with Gasteiger partial charge in [0.15, 0.2) is 0 Å². The van der Waals surface area contributed by atoms with Crippen molar-refractivity contribution in [2.75, 3.05) is 31.8 Å². The molecule has 0 saturated carbocycles. The summed E-state index contributed by atoms with van der Waals surface area (Å²) in [6, 6.07) is 14.0. The van der Waals surface area contributed by atoms with E-state index in [2.05, 4.69) is 30.2 Å². The van der Waals surface area contributed by atoms with E-state index in [4.69, 9.17) is 9.47 Å². The first-order valence-electron chi connectivity index (χ1n) is 8.63. The van der Waals surface area contributed by atoms with Gasteiger partial charge in [0.1, 0.15) is 11.5 Å². The molecule has 0 radical (unpaired) electrons. The lowest BCUT2D eigenvalue weighted by Crippen LogP contribution is -2.33. The molecule has 6 heteroatoms. The van der Waals surface area contributed by atoms with Gasteiger partial charge >= 0.3 is 0 Å². The molecule has 0 amide bonds. The number of rotatable bonds is 5. The SMILES string of the molecule is C=CNc1ccccc1C.COc1ccc(C2CSC(=O)CN2)c(OC)c1.